The van der Waals surface area contributed by atoms with E-state index >= 15 is 0 Å². The van der Waals surface area contributed by atoms with Crippen LogP contribution >= 0.6 is 11.6 Å². The molecule has 6 nitrogen and oxygen atoms in total. The molecule has 0 unspecified atom stereocenters. The maximum absolute atomic E-state index is 12.8. The van der Waals surface area contributed by atoms with Gasteiger partial charge >= 0.3 is 0 Å². The predicted octanol–water partition coefficient (Wildman–Crippen LogP) is 2.58. The van der Waals surface area contributed by atoms with Crippen molar-refractivity contribution in [1.82, 2.24) is 15.2 Å². The van der Waals surface area contributed by atoms with E-state index in [1.54, 1.807) is 29.3 Å². The van der Waals surface area contributed by atoms with Crippen LogP contribution in [0.1, 0.15) is 18.4 Å². The van der Waals surface area contributed by atoms with E-state index in [1.807, 2.05) is 6.07 Å². The summed E-state index contributed by atoms with van der Waals surface area (Å²) >= 11 is 5.90. The topological polar surface area (TPSA) is 74.7 Å². The van der Waals surface area contributed by atoms with Crippen molar-refractivity contribution in [3.8, 4) is 22.8 Å². The summed E-state index contributed by atoms with van der Waals surface area (Å²) in [4.78, 5) is 18.9. The number of aromatic nitrogens is 1. The van der Waals surface area contributed by atoms with E-state index in [0.717, 1.165) is 30.5 Å². The van der Waals surface area contributed by atoms with E-state index in [-0.39, 0.29) is 17.7 Å². The Bertz CT molecular complexity index is 820. The number of nitrogens with zero attached hydrogens (tertiary/aromatic N) is 2. The fraction of sp³-hybridized carbons (Fsp3) is 0.368. The quantitative estimate of drug-likeness (QED) is 0.846. The van der Waals surface area contributed by atoms with Crippen molar-refractivity contribution in [1.29, 1.82) is 0 Å². The molecule has 3 heterocycles. The minimum absolute atomic E-state index is 0.0579. The number of amides is 1. The Balaban J connectivity index is 1.65. The zero-order valence-corrected chi connectivity index (χ0v) is 15.0. The van der Waals surface area contributed by atoms with E-state index < -0.39 is 0 Å². The molecule has 7 heteroatoms. The standard InChI is InChI=1S/C19H20ClN3O3/c20-14-3-4-15(22-10-14)12-8-13-11-23(19(25)16-2-1-5-21-16)6-7-26-18(13)17(24)9-12/h3-4,8-10,16,21,24H,1-2,5-7,11H2/t16-/m1/s1. The smallest absolute Gasteiger partial charge is 0.240 e. The number of halogens is 1. The predicted molar refractivity (Wildman–Crippen MR) is 98.3 cm³/mol. The first-order valence-electron chi connectivity index (χ1n) is 8.74. The number of pyridine rings is 1. The van der Waals surface area contributed by atoms with Crippen molar-refractivity contribution in [2.75, 3.05) is 19.7 Å². The Labute approximate surface area is 156 Å². The van der Waals surface area contributed by atoms with E-state index in [1.165, 1.54) is 0 Å². The van der Waals surface area contributed by atoms with Crippen LogP contribution < -0.4 is 10.1 Å². The third kappa shape index (κ3) is 3.34. The van der Waals surface area contributed by atoms with Crippen LogP contribution in [-0.4, -0.2) is 46.6 Å². The molecule has 0 aliphatic carbocycles. The van der Waals surface area contributed by atoms with Gasteiger partial charge < -0.3 is 20.1 Å². The van der Waals surface area contributed by atoms with E-state index in [4.69, 9.17) is 16.3 Å². The van der Waals surface area contributed by atoms with Gasteiger partial charge in [0.05, 0.1) is 23.3 Å². The van der Waals surface area contributed by atoms with E-state index in [0.29, 0.717) is 36.2 Å². The summed E-state index contributed by atoms with van der Waals surface area (Å²) in [6.45, 7) is 2.14. The fourth-order valence-electron chi connectivity index (χ4n) is 3.50. The molecule has 1 amide bonds. The number of hydrogen-bond donors (Lipinski definition) is 2. The number of ether oxygens (including phenoxy) is 1. The van der Waals surface area contributed by atoms with Crippen molar-refractivity contribution in [3.05, 3.63) is 41.0 Å². The number of nitrogens with one attached hydrogen (secondary N) is 1. The molecule has 2 aromatic rings. The first-order valence-corrected chi connectivity index (χ1v) is 9.12. The summed E-state index contributed by atoms with van der Waals surface area (Å²) in [6.07, 6.45) is 3.45. The van der Waals surface area contributed by atoms with Gasteiger partial charge in [-0.05, 0) is 43.7 Å². The Morgan fingerprint density at radius 3 is 3.00 bits per heavy atom. The monoisotopic (exact) mass is 373 g/mol. The molecule has 1 atom stereocenters. The van der Waals surface area contributed by atoms with Crippen LogP contribution in [0.25, 0.3) is 11.3 Å². The molecule has 26 heavy (non-hydrogen) atoms. The molecule has 4 rings (SSSR count). The number of fused-ring (bicyclic) bond motifs is 1. The second kappa shape index (κ2) is 7.13. The Hall–Kier alpha value is -2.31. The van der Waals surface area contributed by atoms with Gasteiger partial charge in [0.15, 0.2) is 11.5 Å². The highest BCUT2D eigenvalue weighted by atomic mass is 35.5. The molecule has 136 valence electrons. The summed E-state index contributed by atoms with van der Waals surface area (Å²) in [5.74, 6) is 0.591. The minimum Gasteiger partial charge on any atom is -0.504 e. The number of rotatable bonds is 2. The van der Waals surface area contributed by atoms with Crippen LogP contribution in [0.15, 0.2) is 30.5 Å². The van der Waals surface area contributed by atoms with E-state index in [2.05, 4.69) is 10.3 Å². The van der Waals surface area contributed by atoms with Gasteiger partial charge in [0.2, 0.25) is 5.91 Å². The van der Waals surface area contributed by atoms with Crippen LogP contribution in [0, 0.1) is 0 Å². The van der Waals surface area contributed by atoms with Gasteiger partial charge in [0.25, 0.3) is 0 Å². The van der Waals surface area contributed by atoms with Crippen LogP contribution in [-0.2, 0) is 11.3 Å². The molecule has 1 aromatic heterocycles. The van der Waals surface area contributed by atoms with Crippen molar-refractivity contribution in [3.63, 3.8) is 0 Å². The highest BCUT2D eigenvalue weighted by molar-refractivity contribution is 6.30. The Morgan fingerprint density at radius 2 is 2.27 bits per heavy atom. The summed E-state index contributed by atoms with van der Waals surface area (Å²) in [5.41, 5.74) is 2.24. The first-order chi connectivity index (χ1) is 12.6. The summed E-state index contributed by atoms with van der Waals surface area (Å²) in [5, 5.41) is 14.2. The van der Waals surface area contributed by atoms with Crippen LogP contribution in [0.2, 0.25) is 5.02 Å². The van der Waals surface area contributed by atoms with Gasteiger partial charge in [-0.2, -0.15) is 0 Å². The molecule has 2 N–H and O–H groups in total. The second-order valence-corrected chi connectivity index (χ2v) is 7.04. The average molecular weight is 374 g/mol. The SMILES string of the molecule is O=C([C@H]1CCCN1)N1CCOc2c(O)cc(-c3ccc(Cl)cn3)cc2C1. The lowest BCUT2D eigenvalue weighted by atomic mass is 10.0. The molecule has 2 aliphatic heterocycles. The van der Waals surface area contributed by atoms with Gasteiger partial charge in [0.1, 0.15) is 6.61 Å². The number of hydrogen-bond acceptors (Lipinski definition) is 5. The fourth-order valence-corrected chi connectivity index (χ4v) is 3.61. The van der Waals surface area contributed by atoms with Crippen molar-refractivity contribution >= 4 is 17.5 Å². The Morgan fingerprint density at radius 1 is 1.38 bits per heavy atom. The van der Waals surface area contributed by atoms with Gasteiger partial charge in [0, 0.05) is 23.9 Å². The summed E-state index contributed by atoms with van der Waals surface area (Å²) in [6, 6.07) is 6.98. The first kappa shape index (κ1) is 17.1. The largest absolute Gasteiger partial charge is 0.504 e. The number of aromatic hydroxyl groups is 1. The third-order valence-corrected chi connectivity index (χ3v) is 5.03. The molecule has 1 saturated heterocycles. The van der Waals surface area contributed by atoms with Gasteiger partial charge in [-0.15, -0.1) is 0 Å². The second-order valence-electron chi connectivity index (χ2n) is 6.60. The molecule has 0 bridgehead atoms. The third-order valence-electron chi connectivity index (χ3n) is 4.81. The van der Waals surface area contributed by atoms with Crippen LogP contribution in [0.3, 0.4) is 0 Å². The average Bonchev–Trinajstić information content (AvgIpc) is 3.08. The zero-order valence-electron chi connectivity index (χ0n) is 14.2. The normalized spacial score (nSPS) is 19.6. The number of carbonyl (C=O) groups excluding carboxylic acids is 1. The summed E-state index contributed by atoms with van der Waals surface area (Å²) < 4.78 is 5.73. The number of benzene rings is 1. The summed E-state index contributed by atoms with van der Waals surface area (Å²) in [7, 11) is 0. The maximum atomic E-state index is 12.8. The van der Waals surface area contributed by atoms with Crippen LogP contribution in [0.4, 0.5) is 0 Å². The van der Waals surface area contributed by atoms with E-state index in [9.17, 15) is 9.90 Å². The molecule has 0 saturated carbocycles. The highest BCUT2D eigenvalue weighted by Gasteiger charge is 2.29. The molecule has 0 spiro atoms. The van der Waals surface area contributed by atoms with Crippen molar-refractivity contribution < 1.29 is 14.6 Å². The molecule has 0 radical (unpaired) electrons. The lowest BCUT2D eigenvalue weighted by Gasteiger charge is -2.23. The van der Waals surface area contributed by atoms with Gasteiger partial charge in [-0.3, -0.25) is 9.78 Å². The number of phenols is 1. The lowest BCUT2D eigenvalue weighted by molar-refractivity contribution is -0.133. The molecule has 2 aliphatic rings. The zero-order chi connectivity index (χ0) is 18.1. The molecule has 1 aromatic carbocycles. The van der Waals surface area contributed by atoms with Gasteiger partial charge in [-0.1, -0.05) is 11.6 Å². The molecular weight excluding hydrogens is 354 g/mol. The van der Waals surface area contributed by atoms with Gasteiger partial charge in [-0.25, -0.2) is 0 Å². The van der Waals surface area contributed by atoms with Crippen molar-refractivity contribution in [2.24, 2.45) is 0 Å². The highest BCUT2D eigenvalue weighted by Crippen LogP contribution is 2.37. The number of carbonyl (C=O) groups is 1. The number of phenolic OH excluding ortho intramolecular Hbond substituents is 1. The minimum atomic E-state index is -0.119. The maximum Gasteiger partial charge on any atom is 0.240 e. The lowest BCUT2D eigenvalue weighted by Crippen LogP contribution is -2.44. The molecule has 1 fully saturated rings. The van der Waals surface area contributed by atoms with Crippen molar-refractivity contribution in [2.45, 2.75) is 25.4 Å². The van der Waals surface area contributed by atoms with Crippen LogP contribution in [0.5, 0.6) is 11.5 Å². The Kier molecular flexibility index (Phi) is 4.70. The molecular formula is C19H20ClN3O3.